The molecule has 0 aliphatic heterocycles. The molecule has 2 aromatic heterocycles. The molecule has 0 spiro atoms. The van der Waals surface area contributed by atoms with Gasteiger partial charge >= 0.3 is 0 Å². The zero-order chi connectivity index (χ0) is 21.1. The molecular weight excluding hydrogens is 398 g/mol. The standard InChI is InChI=1S/C22H21N5O2S/c1-27(2)16-9-7-14(8-10-16)20-24-18(15-5-4-6-17(13-15)29-3)19(25-20)21(28)26-22-23-11-12-30-22/h4-13H,1-3H3,(H,24,25)(H,23,26,28). The average molecular weight is 420 g/mol. The van der Waals surface area contributed by atoms with Gasteiger partial charge in [0.15, 0.2) is 10.8 Å². The molecule has 2 heterocycles. The summed E-state index contributed by atoms with van der Waals surface area (Å²) in [6.07, 6.45) is 1.64. The number of rotatable bonds is 6. The number of benzene rings is 2. The van der Waals surface area contributed by atoms with Crippen LogP contribution >= 0.6 is 11.3 Å². The lowest BCUT2D eigenvalue weighted by molar-refractivity contribution is 0.102. The van der Waals surface area contributed by atoms with E-state index in [-0.39, 0.29) is 5.91 Å². The Hall–Kier alpha value is -3.65. The van der Waals surface area contributed by atoms with Gasteiger partial charge in [0.1, 0.15) is 11.6 Å². The van der Waals surface area contributed by atoms with Crippen molar-refractivity contribution in [2.75, 3.05) is 31.4 Å². The van der Waals surface area contributed by atoms with Gasteiger partial charge in [-0.25, -0.2) is 9.97 Å². The van der Waals surface area contributed by atoms with E-state index in [2.05, 4.69) is 20.3 Å². The van der Waals surface area contributed by atoms with Crippen LogP contribution < -0.4 is 15.0 Å². The molecule has 0 saturated heterocycles. The Morgan fingerprint density at radius 1 is 1.13 bits per heavy atom. The molecule has 7 nitrogen and oxygen atoms in total. The Balaban J connectivity index is 1.77. The summed E-state index contributed by atoms with van der Waals surface area (Å²) in [5.74, 6) is 0.989. The highest BCUT2D eigenvalue weighted by Gasteiger charge is 2.21. The molecule has 4 aromatic rings. The molecule has 1 amide bonds. The fourth-order valence-electron chi connectivity index (χ4n) is 3.02. The lowest BCUT2D eigenvalue weighted by Gasteiger charge is -2.12. The molecule has 0 fully saturated rings. The van der Waals surface area contributed by atoms with Gasteiger partial charge in [-0.3, -0.25) is 10.1 Å². The maximum Gasteiger partial charge on any atom is 0.278 e. The number of imidazole rings is 1. The van der Waals surface area contributed by atoms with Crippen LogP contribution in [0.2, 0.25) is 0 Å². The maximum absolute atomic E-state index is 13.0. The van der Waals surface area contributed by atoms with Crippen LogP contribution in [0.15, 0.2) is 60.1 Å². The highest BCUT2D eigenvalue weighted by Crippen LogP contribution is 2.30. The molecule has 0 unspecified atom stereocenters. The summed E-state index contributed by atoms with van der Waals surface area (Å²) >= 11 is 1.36. The van der Waals surface area contributed by atoms with Crippen LogP contribution in [0.5, 0.6) is 5.75 Å². The second-order valence-corrected chi connectivity index (χ2v) is 7.67. The van der Waals surface area contributed by atoms with Crippen molar-refractivity contribution in [3.8, 4) is 28.4 Å². The van der Waals surface area contributed by atoms with Crippen LogP contribution in [0.3, 0.4) is 0 Å². The Morgan fingerprint density at radius 2 is 1.93 bits per heavy atom. The predicted molar refractivity (Wildman–Crippen MR) is 120 cm³/mol. The minimum atomic E-state index is -0.324. The van der Waals surface area contributed by atoms with E-state index in [1.54, 1.807) is 18.7 Å². The third-order valence-electron chi connectivity index (χ3n) is 4.59. The summed E-state index contributed by atoms with van der Waals surface area (Å²) in [5.41, 5.74) is 3.69. The lowest BCUT2D eigenvalue weighted by atomic mass is 10.1. The average Bonchev–Trinajstić information content (AvgIpc) is 3.44. The van der Waals surface area contributed by atoms with Crippen LogP contribution in [0.25, 0.3) is 22.6 Å². The van der Waals surface area contributed by atoms with Crippen molar-refractivity contribution >= 4 is 28.1 Å². The Labute approximate surface area is 178 Å². The van der Waals surface area contributed by atoms with Crippen LogP contribution in [0.4, 0.5) is 10.8 Å². The molecule has 4 rings (SSSR count). The third-order valence-corrected chi connectivity index (χ3v) is 5.28. The molecule has 8 heteroatoms. The van der Waals surface area contributed by atoms with Gasteiger partial charge in [-0.05, 0) is 36.4 Å². The smallest absolute Gasteiger partial charge is 0.278 e. The molecular formula is C22H21N5O2S. The number of hydrogen-bond acceptors (Lipinski definition) is 6. The molecule has 0 aliphatic rings. The molecule has 2 aromatic carbocycles. The number of carbonyl (C=O) groups excluding carboxylic acids is 1. The number of amides is 1. The van der Waals surface area contributed by atoms with E-state index in [1.807, 2.05) is 67.5 Å². The Kier molecular flexibility index (Phi) is 5.49. The number of carbonyl (C=O) groups is 1. The fourth-order valence-corrected chi connectivity index (χ4v) is 3.54. The molecule has 30 heavy (non-hydrogen) atoms. The zero-order valence-corrected chi connectivity index (χ0v) is 17.7. The van der Waals surface area contributed by atoms with Crippen molar-refractivity contribution in [2.24, 2.45) is 0 Å². The first-order chi connectivity index (χ1) is 14.5. The number of aromatic nitrogens is 3. The van der Waals surface area contributed by atoms with Crippen LogP contribution in [-0.4, -0.2) is 42.1 Å². The SMILES string of the molecule is COc1cccc(-c2[nH]c(-c3ccc(N(C)C)cc3)nc2C(=O)Nc2nccs2)c1. The van der Waals surface area contributed by atoms with Crippen molar-refractivity contribution in [2.45, 2.75) is 0 Å². The monoisotopic (exact) mass is 419 g/mol. The largest absolute Gasteiger partial charge is 0.497 e. The van der Waals surface area contributed by atoms with Gasteiger partial charge in [0.05, 0.1) is 12.8 Å². The highest BCUT2D eigenvalue weighted by molar-refractivity contribution is 7.13. The summed E-state index contributed by atoms with van der Waals surface area (Å²) in [4.78, 5) is 27.1. The van der Waals surface area contributed by atoms with E-state index in [0.717, 1.165) is 16.8 Å². The number of hydrogen-bond donors (Lipinski definition) is 2. The minimum absolute atomic E-state index is 0.296. The Bertz CT molecular complexity index is 1150. The number of thiazole rings is 1. The lowest BCUT2D eigenvalue weighted by Crippen LogP contribution is -2.13. The number of methoxy groups -OCH3 is 1. The summed E-state index contributed by atoms with van der Waals surface area (Å²) in [6.45, 7) is 0. The van der Waals surface area contributed by atoms with Crippen LogP contribution in [0, 0.1) is 0 Å². The van der Waals surface area contributed by atoms with Gasteiger partial charge in [0, 0.05) is 42.5 Å². The summed E-state index contributed by atoms with van der Waals surface area (Å²) in [7, 11) is 5.59. The van der Waals surface area contributed by atoms with Gasteiger partial charge in [-0.2, -0.15) is 0 Å². The van der Waals surface area contributed by atoms with E-state index < -0.39 is 0 Å². The van der Waals surface area contributed by atoms with E-state index in [4.69, 9.17) is 4.74 Å². The van der Waals surface area contributed by atoms with Crippen molar-refractivity contribution in [3.63, 3.8) is 0 Å². The van der Waals surface area contributed by atoms with Crippen LogP contribution in [-0.2, 0) is 0 Å². The molecule has 0 atom stereocenters. The van der Waals surface area contributed by atoms with E-state index in [1.165, 1.54) is 11.3 Å². The first-order valence-corrected chi connectivity index (χ1v) is 10.2. The maximum atomic E-state index is 13.0. The van der Waals surface area contributed by atoms with Gasteiger partial charge in [-0.15, -0.1) is 11.3 Å². The van der Waals surface area contributed by atoms with Gasteiger partial charge in [-0.1, -0.05) is 12.1 Å². The number of aromatic amines is 1. The van der Waals surface area contributed by atoms with Gasteiger partial charge < -0.3 is 14.6 Å². The summed E-state index contributed by atoms with van der Waals surface area (Å²) in [5, 5.41) is 5.14. The number of H-pyrrole nitrogens is 1. The second kappa shape index (κ2) is 8.38. The van der Waals surface area contributed by atoms with Crippen molar-refractivity contribution in [1.82, 2.24) is 15.0 Å². The zero-order valence-electron chi connectivity index (χ0n) is 16.8. The normalized spacial score (nSPS) is 10.6. The first-order valence-electron chi connectivity index (χ1n) is 9.28. The number of nitrogens with zero attached hydrogens (tertiary/aromatic N) is 3. The number of nitrogens with one attached hydrogen (secondary N) is 2. The van der Waals surface area contributed by atoms with Gasteiger partial charge in [0.25, 0.3) is 5.91 Å². The molecule has 152 valence electrons. The van der Waals surface area contributed by atoms with Crippen molar-refractivity contribution in [1.29, 1.82) is 0 Å². The first kappa shape index (κ1) is 19.7. The van der Waals surface area contributed by atoms with Gasteiger partial charge in [0.2, 0.25) is 0 Å². The summed E-state index contributed by atoms with van der Waals surface area (Å²) < 4.78 is 5.34. The van der Waals surface area contributed by atoms with E-state index >= 15 is 0 Å². The number of ether oxygens (including phenoxy) is 1. The Morgan fingerprint density at radius 3 is 2.60 bits per heavy atom. The third kappa shape index (κ3) is 4.04. The molecule has 2 N–H and O–H groups in total. The minimum Gasteiger partial charge on any atom is -0.497 e. The predicted octanol–water partition coefficient (Wildman–Crippen LogP) is 4.53. The van der Waals surface area contributed by atoms with Crippen molar-refractivity contribution < 1.29 is 9.53 Å². The quantitative estimate of drug-likeness (QED) is 0.480. The highest BCUT2D eigenvalue weighted by atomic mass is 32.1. The van der Waals surface area contributed by atoms with Crippen LogP contribution in [0.1, 0.15) is 10.5 Å². The van der Waals surface area contributed by atoms with E-state index in [9.17, 15) is 4.79 Å². The molecule has 0 bridgehead atoms. The van der Waals surface area contributed by atoms with Crippen molar-refractivity contribution in [3.05, 3.63) is 65.8 Å². The van der Waals surface area contributed by atoms with E-state index in [0.29, 0.717) is 28.1 Å². The fraction of sp³-hybridized carbons (Fsp3) is 0.136. The number of anilines is 2. The second-order valence-electron chi connectivity index (χ2n) is 6.77. The summed E-state index contributed by atoms with van der Waals surface area (Å²) in [6, 6.07) is 15.5. The molecule has 0 radical (unpaired) electrons. The molecule has 0 aliphatic carbocycles. The topological polar surface area (TPSA) is 83.1 Å². The molecule has 0 saturated carbocycles.